The van der Waals surface area contributed by atoms with E-state index >= 15 is 0 Å². The summed E-state index contributed by atoms with van der Waals surface area (Å²) in [5.41, 5.74) is 7.22. The molecule has 0 saturated heterocycles. The number of fused-ring (bicyclic) bond motifs is 1. The fraction of sp³-hybridized carbons (Fsp3) is 0.438. The molecule has 4 heteroatoms. The van der Waals surface area contributed by atoms with Crippen LogP contribution in [0.25, 0.3) is 10.1 Å². The average molecular weight is 288 g/mol. The maximum absolute atomic E-state index is 12.0. The van der Waals surface area contributed by atoms with Crippen LogP contribution in [0.2, 0.25) is 0 Å². The molecule has 3 nitrogen and oxygen atoms in total. The first-order chi connectivity index (χ1) is 9.74. The summed E-state index contributed by atoms with van der Waals surface area (Å²) in [6.45, 7) is 0.616. The Morgan fingerprint density at radius 2 is 2.20 bits per heavy atom. The van der Waals surface area contributed by atoms with E-state index in [9.17, 15) is 4.79 Å². The number of rotatable bonds is 4. The molecule has 0 unspecified atom stereocenters. The number of hydrogen-bond donors (Lipinski definition) is 2. The molecular weight excluding hydrogens is 268 g/mol. The zero-order valence-electron chi connectivity index (χ0n) is 11.5. The summed E-state index contributed by atoms with van der Waals surface area (Å²) in [7, 11) is 0. The molecule has 1 saturated carbocycles. The molecule has 20 heavy (non-hydrogen) atoms. The standard InChI is InChI=1S/C16H20N2OS/c17-14-6-3-4-11(14)8-16(19)18-9-12-10-20-15-7-2-1-5-13(12)15/h1-2,5,7,10-11,14H,3-4,6,8-9,17H2,(H,18,19)/t11-,14+/m0/s1. The minimum atomic E-state index is 0.127. The lowest BCUT2D eigenvalue weighted by atomic mass is 10.00. The van der Waals surface area contributed by atoms with Crippen molar-refractivity contribution in [2.75, 3.05) is 0 Å². The quantitative estimate of drug-likeness (QED) is 0.908. The molecule has 1 aliphatic carbocycles. The predicted octanol–water partition coefficient (Wildman–Crippen LogP) is 3.04. The van der Waals surface area contributed by atoms with Gasteiger partial charge in [-0.3, -0.25) is 4.79 Å². The Morgan fingerprint density at radius 3 is 3.00 bits per heavy atom. The van der Waals surface area contributed by atoms with Gasteiger partial charge in [-0.05, 0) is 41.2 Å². The van der Waals surface area contributed by atoms with Gasteiger partial charge in [0.25, 0.3) is 0 Å². The Labute approximate surface area is 123 Å². The molecule has 0 spiro atoms. The third kappa shape index (κ3) is 2.86. The fourth-order valence-corrected chi connectivity index (χ4v) is 3.96. The highest BCUT2D eigenvalue weighted by Gasteiger charge is 2.25. The Kier molecular flexibility index (Phi) is 4.03. The van der Waals surface area contributed by atoms with Gasteiger partial charge in [-0.15, -0.1) is 11.3 Å². The van der Waals surface area contributed by atoms with Crippen molar-refractivity contribution >= 4 is 27.3 Å². The molecule has 1 aliphatic rings. The molecule has 2 atom stereocenters. The zero-order valence-corrected chi connectivity index (χ0v) is 12.3. The topological polar surface area (TPSA) is 55.1 Å². The second-order valence-corrected chi connectivity index (χ2v) is 6.50. The molecule has 2 aromatic rings. The molecule has 3 N–H and O–H groups in total. The average Bonchev–Trinajstić information content (AvgIpc) is 3.04. The van der Waals surface area contributed by atoms with E-state index in [1.54, 1.807) is 11.3 Å². The van der Waals surface area contributed by atoms with E-state index in [4.69, 9.17) is 5.73 Å². The molecule has 1 fully saturated rings. The van der Waals surface area contributed by atoms with Gasteiger partial charge in [0.15, 0.2) is 0 Å². The normalized spacial score (nSPS) is 22.2. The SMILES string of the molecule is N[C@@H]1CCC[C@H]1CC(=O)NCc1csc2ccccc12. The predicted molar refractivity (Wildman–Crippen MR) is 83.6 cm³/mol. The lowest BCUT2D eigenvalue weighted by molar-refractivity contribution is -0.122. The molecule has 3 rings (SSSR count). The van der Waals surface area contributed by atoms with Gasteiger partial charge in [-0.1, -0.05) is 24.6 Å². The van der Waals surface area contributed by atoms with Crippen LogP contribution < -0.4 is 11.1 Å². The number of hydrogen-bond acceptors (Lipinski definition) is 3. The van der Waals surface area contributed by atoms with Crippen molar-refractivity contribution in [1.82, 2.24) is 5.32 Å². The van der Waals surface area contributed by atoms with Crippen LogP contribution in [-0.4, -0.2) is 11.9 Å². The van der Waals surface area contributed by atoms with E-state index in [2.05, 4.69) is 22.8 Å². The Bertz CT molecular complexity index is 607. The first-order valence-electron chi connectivity index (χ1n) is 7.21. The number of amides is 1. The van der Waals surface area contributed by atoms with Crippen LogP contribution in [0.15, 0.2) is 29.6 Å². The van der Waals surface area contributed by atoms with Gasteiger partial charge >= 0.3 is 0 Å². The van der Waals surface area contributed by atoms with E-state index in [0.29, 0.717) is 18.9 Å². The number of benzene rings is 1. The van der Waals surface area contributed by atoms with E-state index in [1.807, 2.05) is 12.1 Å². The summed E-state index contributed by atoms with van der Waals surface area (Å²) in [6.07, 6.45) is 3.89. The summed E-state index contributed by atoms with van der Waals surface area (Å²) in [4.78, 5) is 12.0. The number of nitrogens with one attached hydrogen (secondary N) is 1. The minimum Gasteiger partial charge on any atom is -0.352 e. The van der Waals surface area contributed by atoms with Crippen LogP contribution in [0, 0.1) is 5.92 Å². The van der Waals surface area contributed by atoms with Crippen molar-refractivity contribution in [2.45, 2.75) is 38.3 Å². The van der Waals surface area contributed by atoms with Gasteiger partial charge in [0.1, 0.15) is 0 Å². The molecule has 106 valence electrons. The van der Waals surface area contributed by atoms with Crippen LogP contribution in [0.1, 0.15) is 31.2 Å². The third-order valence-electron chi connectivity index (χ3n) is 4.20. The monoisotopic (exact) mass is 288 g/mol. The summed E-state index contributed by atoms with van der Waals surface area (Å²) in [5, 5.41) is 6.41. The third-order valence-corrected chi connectivity index (χ3v) is 5.21. The molecule has 0 aliphatic heterocycles. The Balaban J connectivity index is 1.57. The second-order valence-electron chi connectivity index (χ2n) is 5.59. The van der Waals surface area contributed by atoms with Gasteiger partial charge in [-0.2, -0.15) is 0 Å². The highest BCUT2D eigenvalue weighted by atomic mass is 32.1. The summed E-state index contributed by atoms with van der Waals surface area (Å²) in [6, 6.07) is 8.52. The summed E-state index contributed by atoms with van der Waals surface area (Å²) >= 11 is 1.73. The van der Waals surface area contributed by atoms with Gasteiger partial charge in [0.05, 0.1) is 0 Å². The minimum absolute atomic E-state index is 0.127. The molecule has 0 bridgehead atoms. The first-order valence-corrected chi connectivity index (χ1v) is 8.09. The highest BCUT2D eigenvalue weighted by molar-refractivity contribution is 7.17. The first kappa shape index (κ1) is 13.6. The van der Waals surface area contributed by atoms with Gasteiger partial charge in [0, 0.05) is 23.7 Å². The summed E-state index contributed by atoms with van der Waals surface area (Å²) in [5.74, 6) is 0.497. The Morgan fingerprint density at radius 1 is 1.35 bits per heavy atom. The number of carbonyl (C=O) groups excluding carboxylic acids is 1. The van der Waals surface area contributed by atoms with Crippen molar-refractivity contribution in [3.05, 3.63) is 35.2 Å². The zero-order chi connectivity index (χ0) is 13.9. The molecule has 1 aromatic heterocycles. The van der Waals surface area contributed by atoms with Crippen molar-refractivity contribution < 1.29 is 4.79 Å². The lowest BCUT2D eigenvalue weighted by Gasteiger charge is -2.14. The van der Waals surface area contributed by atoms with Crippen LogP contribution in [-0.2, 0) is 11.3 Å². The van der Waals surface area contributed by atoms with Gasteiger partial charge in [0.2, 0.25) is 5.91 Å². The van der Waals surface area contributed by atoms with Gasteiger partial charge in [-0.25, -0.2) is 0 Å². The van der Waals surface area contributed by atoms with Crippen LogP contribution in [0.5, 0.6) is 0 Å². The van der Waals surface area contributed by atoms with E-state index < -0.39 is 0 Å². The van der Waals surface area contributed by atoms with E-state index in [0.717, 1.165) is 19.3 Å². The highest BCUT2D eigenvalue weighted by Crippen LogP contribution is 2.27. The summed E-state index contributed by atoms with van der Waals surface area (Å²) < 4.78 is 1.27. The number of carbonyl (C=O) groups is 1. The van der Waals surface area contributed by atoms with Crippen LogP contribution >= 0.6 is 11.3 Å². The van der Waals surface area contributed by atoms with Crippen molar-refractivity contribution in [3.8, 4) is 0 Å². The van der Waals surface area contributed by atoms with E-state index in [1.165, 1.54) is 15.6 Å². The van der Waals surface area contributed by atoms with Crippen LogP contribution in [0.3, 0.4) is 0 Å². The van der Waals surface area contributed by atoms with Crippen molar-refractivity contribution in [2.24, 2.45) is 11.7 Å². The molecule has 1 amide bonds. The largest absolute Gasteiger partial charge is 0.352 e. The Hall–Kier alpha value is -1.39. The molecule has 1 heterocycles. The van der Waals surface area contributed by atoms with E-state index in [-0.39, 0.29) is 11.9 Å². The molecular formula is C16H20N2OS. The van der Waals surface area contributed by atoms with Gasteiger partial charge < -0.3 is 11.1 Å². The van der Waals surface area contributed by atoms with Crippen LogP contribution in [0.4, 0.5) is 0 Å². The maximum atomic E-state index is 12.0. The number of thiophene rings is 1. The molecule has 1 aromatic carbocycles. The molecule has 0 radical (unpaired) electrons. The smallest absolute Gasteiger partial charge is 0.220 e. The van der Waals surface area contributed by atoms with Crippen molar-refractivity contribution in [3.63, 3.8) is 0 Å². The fourth-order valence-electron chi connectivity index (χ4n) is 2.99. The lowest BCUT2D eigenvalue weighted by Crippen LogP contribution is -2.31. The van der Waals surface area contributed by atoms with Crippen molar-refractivity contribution in [1.29, 1.82) is 0 Å². The maximum Gasteiger partial charge on any atom is 0.220 e. The number of nitrogens with two attached hydrogens (primary N) is 1. The second kappa shape index (κ2) is 5.94.